The molecule has 1 heterocycles. The number of alkyl halides is 2. The molecule has 0 spiro atoms. The van der Waals surface area contributed by atoms with Crippen LogP contribution in [0.2, 0.25) is 0 Å². The standard InChI is InChI=1S/C11H9F3N2O2/c1-17-9-6(8-4-16-18-11(8)15)2-5(12)3-7(9)10(13)14/h2-4,10H,15H2,1H3. The molecule has 0 saturated heterocycles. The Kier molecular flexibility index (Phi) is 3.14. The fourth-order valence-electron chi connectivity index (χ4n) is 1.66. The van der Waals surface area contributed by atoms with Crippen LogP contribution in [0.1, 0.15) is 12.0 Å². The summed E-state index contributed by atoms with van der Waals surface area (Å²) in [5, 5.41) is 3.41. The molecule has 0 aliphatic carbocycles. The van der Waals surface area contributed by atoms with Crippen molar-refractivity contribution in [1.82, 2.24) is 5.16 Å². The highest BCUT2D eigenvalue weighted by atomic mass is 19.3. The third-order valence-electron chi connectivity index (χ3n) is 2.41. The molecule has 0 unspecified atom stereocenters. The molecule has 0 saturated carbocycles. The Morgan fingerprint density at radius 1 is 1.33 bits per heavy atom. The zero-order chi connectivity index (χ0) is 13.3. The number of halogens is 3. The van der Waals surface area contributed by atoms with Gasteiger partial charge in [-0.1, -0.05) is 5.16 Å². The van der Waals surface area contributed by atoms with E-state index in [1.807, 2.05) is 0 Å². The van der Waals surface area contributed by atoms with Crippen molar-refractivity contribution in [2.45, 2.75) is 6.43 Å². The van der Waals surface area contributed by atoms with Crippen molar-refractivity contribution in [2.75, 3.05) is 12.8 Å². The summed E-state index contributed by atoms with van der Waals surface area (Å²) in [6, 6.07) is 1.75. The van der Waals surface area contributed by atoms with Crippen LogP contribution in [0.4, 0.5) is 19.1 Å². The first kappa shape index (κ1) is 12.3. The van der Waals surface area contributed by atoms with Crippen LogP contribution in [0, 0.1) is 5.82 Å². The molecule has 2 rings (SSSR count). The van der Waals surface area contributed by atoms with Crippen molar-refractivity contribution in [1.29, 1.82) is 0 Å². The van der Waals surface area contributed by atoms with Gasteiger partial charge in [0.15, 0.2) is 0 Å². The van der Waals surface area contributed by atoms with Gasteiger partial charge in [0, 0.05) is 5.56 Å². The number of rotatable bonds is 3. The van der Waals surface area contributed by atoms with Gasteiger partial charge in [-0.3, -0.25) is 0 Å². The number of hydrogen-bond acceptors (Lipinski definition) is 4. The van der Waals surface area contributed by atoms with Gasteiger partial charge >= 0.3 is 0 Å². The van der Waals surface area contributed by atoms with Crippen LogP contribution >= 0.6 is 0 Å². The van der Waals surface area contributed by atoms with Crippen molar-refractivity contribution in [2.24, 2.45) is 0 Å². The van der Waals surface area contributed by atoms with Crippen LogP contribution < -0.4 is 10.5 Å². The number of methoxy groups -OCH3 is 1. The minimum Gasteiger partial charge on any atom is -0.496 e. The summed E-state index contributed by atoms with van der Waals surface area (Å²) >= 11 is 0. The Bertz CT molecular complexity index is 569. The molecule has 4 nitrogen and oxygen atoms in total. The van der Waals surface area contributed by atoms with Gasteiger partial charge in [-0.25, -0.2) is 13.2 Å². The maximum atomic E-state index is 13.3. The topological polar surface area (TPSA) is 61.3 Å². The monoisotopic (exact) mass is 258 g/mol. The second-order valence-electron chi connectivity index (χ2n) is 3.48. The number of ether oxygens (including phenoxy) is 1. The van der Waals surface area contributed by atoms with Gasteiger partial charge < -0.3 is 15.0 Å². The number of nitrogen functional groups attached to an aromatic ring is 1. The van der Waals surface area contributed by atoms with Gasteiger partial charge in [0.2, 0.25) is 5.88 Å². The number of aromatic nitrogens is 1. The third-order valence-corrected chi connectivity index (χ3v) is 2.41. The van der Waals surface area contributed by atoms with Crippen molar-refractivity contribution in [3.8, 4) is 16.9 Å². The van der Waals surface area contributed by atoms with Gasteiger partial charge in [-0.05, 0) is 12.1 Å². The lowest BCUT2D eigenvalue weighted by Gasteiger charge is -2.12. The van der Waals surface area contributed by atoms with Crippen LogP contribution in [0.25, 0.3) is 11.1 Å². The molecule has 2 aromatic rings. The fraction of sp³-hybridized carbons (Fsp3) is 0.182. The molecule has 0 aliphatic rings. The van der Waals surface area contributed by atoms with E-state index in [2.05, 4.69) is 9.68 Å². The number of benzene rings is 1. The maximum Gasteiger partial charge on any atom is 0.267 e. The van der Waals surface area contributed by atoms with Gasteiger partial charge in [-0.15, -0.1) is 0 Å². The average molecular weight is 258 g/mol. The van der Waals surface area contributed by atoms with Crippen molar-refractivity contribution >= 4 is 5.88 Å². The van der Waals surface area contributed by atoms with Crippen molar-refractivity contribution in [3.05, 3.63) is 29.7 Å². The number of hydrogen-bond donors (Lipinski definition) is 1. The lowest BCUT2D eigenvalue weighted by Crippen LogP contribution is -1.98. The van der Waals surface area contributed by atoms with E-state index in [1.54, 1.807) is 0 Å². The highest BCUT2D eigenvalue weighted by Crippen LogP contribution is 2.40. The second-order valence-corrected chi connectivity index (χ2v) is 3.48. The van der Waals surface area contributed by atoms with E-state index >= 15 is 0 Å². The smallest absolute Gasteiger partial charge is 0.267 e. The quantitative estimate of drug-likeness (QED) is 0.919. The summed E-state index contributed by atoms with van der Waals surface area (Å²) in [4.78, 5) is 0. The highest BCUT2D eigenvalue weighted by Gasteiger charge is 2.22. The molecule has 96 valence electrons. The molecule has 1 aromatic carbocycles. The zero-order valence-electron chi connectivity index (χ0n) is 9.28. The highest BCUT2D eigenvalue weighted by molar-refractivity contribution is 5.78. The Hall–Kier alpha value is -2.18. The Morgan fingerprint density at radius 2 is 2.06 bits per heavy atom. The van der Waals surface area contributed by atoms with Crippen LogP contribution in [0.15, 0.2) is 22.9 Å². The molecular formula is C11H9F3N2O2. The molecule has 0 bridgehead atoms. The van der Waals surface area contributed by atoms with Crippen molar-refractivity contribution < 1.29 is 22.4 Å². The predicted octanol–water partition coefficient (Wildman–Crippen LogP) is 3.01. The summed E-state index contributed by atoms with van der Waals surface area (Å²) in [5.41, 5.74) is 5.21. The maximum absolute atomic E-state index is 13.3. The Labute approximate surface area is 100 Å². The van der Waals surface area contributed by atoms with E-state index in [1.165, 1.54) is 13.3 Å². The molecule has 2 N–H and O–H groups in total. The van der Waals surface area contributed by atoms with Crippen LogP contribution in [-0.2, 0) is 0 Å². The number of nitrogens with zero attached hydrogens (tertiary/aromatic N) is 1. The van der Waals surface area contributed by atoms with Crippen LogP contribution in [0.3, 0.4) is 0 Å². The zero-order valence-corrected chi connectivity index (χ0v) is 9.28. The molecule has 0 radical (unpaired) electrons. The molecule has 7 heteroatoms. The van der Waals surface area contributed by atoms with E-state index in [0.717, 1.165) is 12.1 Å². The van der Waals surface area contributed by atoms with Crippen LogP contribution in [0.5, 0.6) is 5.75 Å². The molecule has 0 aliphatic heterocycles. The van der Waals surface area contributed by atoms with Crippen LogP contribution in [-0.4, -0.2) is 12.3 Å². The third kappa shape index (κ3) is 1.99. The number of anilines is 1. The SMILES string of the molecule is COc1c(-c2cnoc2N)cc(F)cc1C(F)F. The van der Waals surface area contributed by atoms with E-state index in [-0.39, 0.29) is 22.8 Å². The van der Waals surface area contributed by atoms with E-state index in [4.69, 9.17) is 10.5 Å². The van der Waals surface area contributed by atoms with Gasteiger partial charge in [-0.2, -0.15) is 0 Å². The van der Waals surface area contributed by atoms with E-state index in [9.17, 15) is 13.2 Å². The van der Waals surface area contributed by atoms with Crippen molar-refractivity contribution in [3.63, 3.8) is 0 Å². The largest absolute Gasteiger partial charge is 0.496 e. The Morgan fingerprint density at radius 3 is 2.56 bits per heavy atom. The summed E-state index contributed by atoms with van der Waals surface area (Å²) in [6.07, 6.45) is -1.66. The van der Waals surface area contributed by atoms with E-state index < -0.39 is 17.8 Å². The Balaban J connectivity index is 2.70. The molecule has 1 aromatic heterocycles. The summed E-state index contributed by atoms with van der Waals surface area (Å²) in [6.45, 7) is 0. The minimum atomic E-state index is -2.87. The predicted molar refractivity (Wildman–Crippen MR) is 57.8 cm³/mol. The molecule has 0 atom stereocenters. The number of nitrogens with two attached hydrogens (primary N) is 1. The second kappa shape index (κ2) is 4.59. The van der Waals surface area contributed by atoms with Gasteiger partial charge in [0.25, 0.3) is 6.43 Å². The normalized spacial score (nSPS) is 10.9. The molecule has 0 fully saturated rings. The first-order chi connectivity index (χ1) is 8.54. The van der Waals surface area contributed by atoms with E-state index in [0.29, 0.717) is 0 Å². The molecular weight excluding hydrogens is 249 g/mol. The first-order valence-corrected chi connectivity index (χ1v) is 4.90. The summed E-state index contributed by atoms with van der Waals surface area (Å²) < 4.78 is 48.5. The van der Waals surface area contributed by atoms with Gasteiger partial charge in [0.1, 0.15) is 11.6 Å². The molecule has 0 amide bonds. The summed E-state index contributed by atoms with van der Waals surface area (Å²) in [5.74, 6) is -1.07. The van der Waals surface area contributed by atoms with Gasteiger partial charge in [0.05, 0.1) is 24.4 Å². The average Bonchev–Trinajstić information content (AvgIpc) is 2.74. The minimum absolute atomic E-state index is 0.0755. The molecule has 18 heavy (non-hydrogen) atoms. The lowest BCUT2D eigenvalue weighted by molar-refractivity contribution is 0.146. The lowest BCUT2D eigenvalue weighted by atomic mass is 10.0. The fourth-order valence-corrected chi connectivity index (χ4v) is 1.66. The summed E-state index contributed by atoms with van der Waals surface area (Å²) in [7, 11) is 1.21. The first-order valence-electron chi connectivity index (χ1n) is 4.90.